The Morgan fingerprint density at radius 2 is 1.77 bits per heavy atom. The Morgan fingerprint density at radius 3 is 2.44 bits per heavy atom. The molecule has 0 aliphatic carbocycles. The van der Waals surface area contributed by atoms with Crippen LogP contribution in [0, 0.1) is 0 Å². The molecule has 5 heterocycles. The summed E-state index contributed by atoms with van der Waals surface area (Å²) in [5, 5.41) is 14.8. The van der Waals surface area contributed by atoms with Crippen molar-refractivity contribution < 1.29 is 17.9 Å². The molecule has 3 aromatic heterocycles. The summed E-state index contributed by atoms with van der Waals surface area (Å²) in [6, 6.07) is 3.72. The third kappa shape index (κ3) is 5.76. The van der Waals surface area contributed by atoms with Crippen molar-refractivity contribution >= 4 is 44.0 Å². The topological polar surface area (TPSA) is 124 Å². The first-order valence-corrected chi connectivity index (χ1v) is 15.3. The van der Waals surface area contributed by atoms with Crippen LogP contribution in [0.2, 0.25) is 0 Å². The van der Waals surface area contributed by atoms with Crippen LogP contribution >= 0.6 is 0 Å². The molecule has 2 aliphatic heterocycles. The van der Waals surface area contributed by atoms with E-state index in [-0.39, 0.29) is 17.7 Å². The number of aromatic nitrogens is 4. The van der Waals surface area contributed by atoms with Crippen molar-refractivity contribution in [3.05, 3.63) is 36.3 Å². The molecule has 0 amide bonds. The zero-order valence-corrected chi connectivity index (χ0v) is 23.6. The average Bonchev–Trinajstić information content (AvgIpc) is 2.89. The average molecular weight is 558 g/mol. The number of hydrogen-bond donors (Lipinski definition) is 2. The van der Waals surface area contributed by atoms with Gasteiger partial charge in [0.1, 0.15) is 27.3 Å². The van der Waals surface area contributed by atoms with Crippen molar-refractivity contribution in [2.75, 3.05) is 47.6 Å². The molecular formula is C27H36FN7O3S. The van der Waals surface area contributed by atoms with Crippen molar-refractivity contribution in [3.8, 4) is 0 Å². The van der Waals surface area contributed by atoms with Gasteiger partial charge in [-0.15, -0.1) is 0 Å². The predicted octanol–water partition coefficient (Wildman–Crippen LogP) is 3.60. The summed E-state index contributed by atoms with van der Waals surface area (Å²) >= 11 is 0. The number of hydrogen-bond acceptors (Lipinski definition) is 10. The first kappa shape index (κ1) is 27.4. The Morgan fingerprint density at radius 1 is 1.05 bits per heavy atom. The fraction of sp³-hybridized carbons (Fsp3) is 0.556. The fourth-order valence-corrected chi connectivity index (χ4v) is 6.49. The second-order valence-electron chi connectivity index (χ2n) is 11.2. The van der Waals surface area contributed by atoms with E-state index in [0.29, 0.717) is 56.5 Å². The smallest absolute Gasteiger partial charge is 0.227 e. The molecule has 39 heavy (non-hydrogen) atoms. The van der Waals surface area contributed by atoms with Gasteiger partial charge in [-0.05, 0) is 55.2 Å². The molecular weight excluding hydrogens is 521 g/mol. The molecule has 0 unspecified atom stereocenters. The van der Waals surface area contributed by atoms with E-state index in [0.717, 1.165) is 22.2 Å². The van der Waals surface area contributed by atoms with Crippen LogP contribution in [-0.2, 0) is 9.84 Å². The molecule has 12 heteroatoms. The highest BCUT2D eigenvalue weighted by Gasteiger charge is 2.39. The van der Waals surface area contributed by atoms with Crippen LogP contribution in [0.4, 0.5) is 27.8 Å². The van der Waals surface area contributed by atoms with Crippen LogP contribution in [0.15, 0.2) is 30.7 Å². The predicted molar refractivity (Wildman–Crippen MR) is 151 cm³/mol. The lowest BCUT2D eigenvalue weighted by Gasteiger charge is -2.38. The SMILES string of the molecule is CC(C)c1cnc(N2CCC(S(C)(=O)=O)CC2)c2cnc(Nc3ccnc(N4CC[C@@H](O)[C@@](C)(F)C4)n3)cc12. The first-order chi connectivity index (χ1) is 18.4. The Hall–Kier alpha value is -3.12. The minimum absolute atomic E-state index is 0.0147. The van der Waals surface area contributed by atoms with Gasteiger partial charge in [0.25, 0.3) is 0 Å². The van der Waals surface area contributed by atoms with E-state index in [1.165, 1.54) is 13.2 Å². The number of sulfone groups is 1. The van der Waals surface area contributed by atoms with Crippen molar-refractivity contribution in [2.24, 2.45) is 0 Å². The Labute approximate surface area is 228 Å². The minimum atomic E-state index is -3.06. The van der Waals surface area contributed by atoms with Gasteiger partial charge in [-0.25, -0.2) is 27.8 Å². The van der Waals surface area contributed by atoms with E-state index in [9.17, 15) is 17.9 Å². The number of aliphatic hydroxyl groups excluding tert-OH is 1. The monoisotopic (exact) mass is 557 g/mol. The quantitative estimate of drug-likeness (QED) is 0.464. The summed E-state index contributed by atoms with van der Waals surface area (Å²) in [5.41, 5.74) is -0.646. The van der Waals surface area contributed by atoms with Crippen molar-refractivity contribution in [1.82, 2.24) is 19.9 Å². The number of fused-ring (bicyclic) bond motifs is 1. The number of piperidine rings is 2. The molecule has 2 aliphatic rings. The number of nitrogens with one attached hydrogen (secondary N) is 1. The highest BCUT2D eigenvalue weighted by molar-refractivity contribution is 7.91. The number of aliphatic hydroxyl groups is 1. The summed E-state index contributed by atoms with van der Waals surface area (Å²) in [4.78, 5) is 22.2. The lowest BCUT2D eigenvalue weighted by atomic mass is 9.94. The second-order valence-corrected chi connectivity index (χ2v) is 13.5. The van der Waals surface area contributed by atoms with Crippen LogP contribution < -0.4 is 15.1 Å². The summed E-state index contributed by atoms with van der Waals surface area (Å²) in [7, 11) is -3.06. The van der Waals surface area contributed by atoms with Gasteiger partial charge in [-0.1, -0.05) is 13.8 Å². The molecule has 2 N–H and O–H groups in total. The maximum Gasteiger partial charge on any atom is 0.227 e. The first-order valence-electron chi connectivity index (χ1n) is 13.4. The van der Waals surface area contributed by atoms with Gasteiger partial charge >= 0.3 is 0 Å². The largest absolute Gasteiger partial charge is 0.390 e. The Balaban J connectivity index is 1.41. The Bertz CT molecular complexity index is 1460. The molecule has 0 spiro atoms. The maximum absolute atomic E-state index is 14.7. The van der Waals surface area contributed by atoms with E-state index in [1.54, 1.807) is 23.4 Å². The van der Waals surface area contributed by atoms with Crippen molar-refractivity contribution in [1.29, 1.82) is 0 Å². The molecule has 10 nitrogen and oxygen atoms in total. The molecule has 3 aromatic rings. The number of pyridine rings is 2. The van der Waals surface area contributed by atoms with Crippen LogP contribution in [0.5, 0.6) is 0 Å². The molecule has 0 saturated carbocycles. The van der Waals surface area contributed by atoms with Gasteiger partial charge in [-0.3, -0.25) is 0 Å². The number of alkyl halides is 1. The van der Waals surface area contributed by atoms with Gasteiger partial charge in [0.2, 0.25) is 5.95 Å². The maximum atomic E-state index is 14.7. The van der Waals surface area contributed by atoms with Crippen molar-refractivity contribution in [2.45, 2.75) is 63.0 Å². The van der Waals surface area contributed by atoms with Gasteiger partial charge in [0.05, 0.1) is 17.9 Å². The van der Waals surface area contributed by atoms with Gasteiger partial charge in [0, 0.05) is 49.9 Å². The van der Waals surface area contributed by atoms with Gasteiger partial charge in [-0.2, -0.15) is 4.98 Å². The molecule has 2 saturated heterocycles. The molecule has 5 rings (SSSR count). The zero-order chi connectivity index (χ0) is 27.9. The molecule has 0 radical (unpaired) electrons. The number of anilines is 4. The summed E-state index contributed by atoms with van der Waals surface area (Å²) in [6.45, 7) is 7.35. The lowest BCUT2D eigenvalue weighted by molar-refractivity contribution is -0.00860. The van der Waals surface area contributed by atoms with E-state index < -0.39 is 21.6 Å². The second kappa shape index (κ2) is 10.5. The number of rotatable bonds is 6. The third-order valence-electron chi connectivity index (χ3n) is 7.80. The molecule has 0 bridgehead atoms. The van der Waals surface area contributed by atoms with Crippen molar-refractivity contribution in [3.63, 3.8) is 0 Å². The van der Waals surface area contributed by atoms with Crippen LogP contribution in [0.1, 0.15) is 51.5 Å². The van der Waals surface area contributed by atoms with E-state index in [1.807, 2.05) is 12.3 Å². The molecule has 0 aromatic carbocycles. The Kier molecular flexibility index (Phi) is 7.36. The third-order valence-corrected chi connectivity index (χ3v) is 9.48. The summed E-state index contributed by atoms with van der Waals surface area (Å²) in [5.74, 6) is 2.57. The molecule has 2 atom stereocenters. The highest BCUT2D eigenvalue weighted by Crippen LogP contribution is 2.34. The van der Waals surface area contributed by atoms with E-state index in [2.05, 4.69) is 39.0 Å². The minimum Gasteiger partial charge on any atom is -0.390 e. The number of nitrogens with zero attached hydrogens (tertiary/aromatic N) is 6. The number of halogens is 1. The van der Waals surface area contributed by atoms with E-state index >= 15 is 0 Å². The van der Waals surface area contributed by atoms with Crippen LogP contribution in [0.3, 0.4) is 0 Å². The summed E-state index contributed by atoms with van der Waals surface area (Å²) in [6.07, 6.45) is 7.09. The van der Waals surface area contributed by atoms with Gasteiger partial charge in [0.15, 0.2) is 5.67 Å². The van der Waals surface area contributed by atoms with Crippen LogP contribution in [0.25, 0.3) is 10.8 Å². The fourth-order valence-electron chi connectivity index (χ4n) is 5.43. The normalized spacial score (nSPS) is 23.0. The molecule has 2 fully saturated rings. The van der Waals surface area contributed by atoms with Gasteiger partial charge < -0.3 is 20.2 Å². The summed E-state index contributed by atoms with van der Waals surface area (Å²) < 4.78 is 38.8. The van der Waals surface area contributed by atoms with Crippen LogP contribution in [-0.4, -0.2) is 82.9 Å². The standard InChI is InChI=1S/C27H36FN7O3S/c1-17(2)20-14-31-25(34-10-6-18(7-11-34)39(4,37)38)21-15-30-24(13-19(20)21)32-23-5-9-29-26(33-23)35-12-8-22(36)27(3,28)16-35/h5,9,13-15,17-18,22,36H,6-8,10-12,16H2,1-4H3,(H,29,30,32,33)/t22-,27+/m1/s1. The molecule has 210 valence electrons. The van der Waals surface area contributed by atoms with E-state index in [4.69, 9.17) is 4.98 Å². The highest BCUT2D eigenvalue weighted by atomic mass is 32.2. The lowest BCUT2D eigenvalue weighted by Crippen LogP contribution is -2.52. The zero-order valence-electron chi connectivity index (χ0n) is 22.8.